The maximum Gasteiger partial charge on any atom is 0.244 e. The Balaban J connectivity index is 1.80. The Morgan fingerprint density at radius 3 is 2.95 bits per heavy atom. The zero-order valence-electron chi connectivity index (χ0n) is 11.4. The molecule has 0 radical (unpaired) electrons. The molecule has 1 fully saturated rings. The maximum absolute atomic E-state index is 13.0. The van der Waals surface area contributed by atoms with E-state index in [1.165, 1.54) is 18.2 Å². The van der Waals surface area contributed by atoms with Crippen LogP contribution in [0, 0.1) is 17.7 Å². The largest absolute Gasteiger partial charge is 0.396 e. The molecule has 2 rings (SSSR count). The molecule has 0 aromatic heterocycles. The number of hydrogen-bond acceptors (Lipinski definition) is 2. The molecule has 2 N–H and O–H groups in total. The Labute approximate surface area is 118 Å². The number of hydrogen-bond donors (Lipinski definition) is 2. The lowest BCUT2D eigenvalue weighted by Crippen LogP contribution is -2.30. The summed E-state index contributed by atoms with van der Waals surface area (Å²) in [5, 5.41) is 12.1. The average molecular weight is 277 g/mol. The van der Waals surface area contributed by atoms with Gasteiger partial charge in [0.1, 0.15) is 5.82 Å². The molecule has 4 heteroatoms. The Hall–Kier alpha value is -1.68. The molecule has 3 nitrogen and oxygen atoms in total. The van der Waals surface area contributed by atoms with Crippen LogP contribution in [0.4, 0.5) is 4.39 Å². The number of aliphatic hydroxyl groups is 1. The van der Waals surface area contributed by atoms with Gasteiger partial charge in [-0.3, -0.25) is 4.79 Å². The van der Waals surface area contributed by atoms with Gasteiger partial charge < -0.3 is 10.4 Å². The lowest BCUT2D eigenvalue weighted by atomic mass is 9.97. The summed E-state index contributed by atoms with van der Waals surface area (Å²) in [5.74, 6) is 0.177. The van der Waals surface area contributed by atoms with Crippen LogP contribution in [0.3, 0.4) is 0 Å². The third-order valence-electron chi connectivity index (χ3n) is 3.87. The van der Waals surface area contributed by atoms with Gasteiger partial charge in [-0.05, 0) is 48.4 Å². The van der Waals surface area contributed by atoms with E-state index in [9.17, 15) is 14.3 Å². The van der Waals surface area contributed by atoms with E-state index in [0.29, 0.717) is 23.9 Å². The maximum atomic E-state index is 13.0. The van der Waals surface area contributed by atoms with Gasteiger partial charge in [0.2, 0.25) is 5.91 Å². The monoisotopic (exact) mass is 277 g/mol. The van der Waals surface area contributed by atoms with Crippen molar-refractivity contribution >= 4 is 12.0 Å². The summed E-state index contributed by atoms with van der Waals surface area (Å²) in [6.45, 7) is 0.789. The number of amides is 1. The van der Waals surface area contributed by atoms with E-state index in [-0.39, 0.29) is 18.3 Å². The smallest absolute Gasteiger partial charge is 0.244 e. The summed E-state index contributed by atoms with van der Waals surface area (Å²) < 4.78 is 13.0. The minimum Gasteiger partial charge on any atom is -0.396 e. The van der Waals surface area contributed by atoms with Crippen molar-refractivity contribution in [1.82, 2.24) is 5.32 Å². The van der Waals surface area contributed by atoms with Crippen LogP contribution in [0.15, 0.2) is 30.3 Å². The minimum atomic E-state index is -0.315. The molecular weight excluding hydrogens is 257 g/mol. The van der Waals surface area contributed by atoms with Crippen molar-refractivity contribution in [1.29, 1.82) is 0 Å². The van der Waals surface area contributed by atoms with Crippen LogP contribution in [0.25, 0.3) is 6.08 Å². The number of benzene rings is 1. The van der Waals surface area contributed by atoms with Gasteiger partial charge in [-0.1, -0.05) is 18.6 Å². The molecule has 0 saturated heterocycles. The average Bonchev–Trinajstić information content (AvgIpc) is 2.90. The van der Waals surface area contributed by atoms with E-state index >= 15 is 0 Å². The molecule has 1 aliphatic carbocycles. The predicted octanol–water partition coefficient (Wildman–Crippen LogP) is 2.36. The van der Waals surface area contributed by atoms with Gasteiger partial charge in [-0.2, -0.15) is 0 Å². The number of halogens is 1. The zero-order valence-corrected chi connectivity index (χ0v) is 11.4. The van der Waals surface area contributed by atoms with Gasteiger partial charge in [-0.25, -0.2) is 4.39 Å². The highest BCUT2D eigenvalue weighted by molar-refractivity contribution is 5.91. The Morgan fingerprint density at radius 1 is 1.40 bits per heavy atom. The number of carbonyl (C=O) groups is 1. The summed E-state index contributed by atoms with van der Waals surface area (Å²) in [6.07, 6.45) is 6.22. The first-order valence-electron chi connectivity index (χ1n) is 7.01. The number of aliphatic hydroxyl groups excluding tert-OH is 1. The van der Waals surface area contributed by atoms with E-state index in [1.54, 1.807) is 18.2 Å². The number of nitrogens with one attached hydrogen (secondary N) is 1. The van der Waals surface area contributed by atoms with E-state index in [4.69, 9.17) is 0 Å². The molecule has 1 saturated carbocycles. The fourth-order valence-electron chi connectivity index (χ4n) is 2.70. The van der Waals surface area contributed by atoms with Gasteiger partial charge in [0, 0.05) is 19.2 Å². The summed E-state index contributed by atoms with van der Waals surface area (Å²) in [6, 6.07) is 6.10. The van der Waals surface area contributed by atoms with Crippen molar-refractivity contribution in [3.63, 3.8) is 0 Å². The summed E-state index contributed by atoms with van der Waals surface area (Å²) in [4.78, 5) is 11.7. The van der Waals surface area contributed by atoms with Crippen LogP contribution < -0.4 is 5.32 Å². The first kappa shape index (κ1) is 14.7. The molecule has 1 amide bonds. The Bertz CT molecular complexity index is 487. The molecule has 108 valence electrons. The fourth-order valence-corrected chi connectivity index (χ4v) is 2.70. The topological polar surface area (TPSA) is 49.3 Å². The van der Waals surface area contributed by atoms with Crippen molar-refractivity contribution < 1.29 is 14.3 Å². The predicted molar refractivity (Wildman–Crippen MR) is 76.4 cm³/mol. The molecule has 0 heterocycles. The first-order chi connectivity index (χ1) is 9.69. The van der Waals surface area contributed by atoms with Crippen molar-refractivity contribution in [2.45, 2.75) is 19.3 Å². The third kappa shape index (κ3) is 4.17. The van der Waals surface area contributed by atoms with Crippen LogP contribution >= 0.6 is 0 Å². The fraction of sp³-hybridized carbons (Fsp3) is 0.438. The van der Waals surface area contributed by atoms with E-state index in [2.05, 4.69) is 5.32 Å². The van der Waals surface area contributed by atoms with E-state index in [1.807, 2.05) is 0 Å². The second-order valence-corrected chi connectivity index (χ2v) is 5.27. The summed E-state index contributed by atoms with van der Waals surface area (Å²) in [7, 11) is 0. The molecule has 1 aromatic rings. The molecule has 2 unspecified atom stereocenters. The van der Waals surface area contributed by atoms with Gasteiger partial charge >= 0.3 is 0 Å². The molecular formula is C16H20FNO2. The Morgan fingerprint density at radius 2 is 2.20 bits per heavy atom. The quantitative estimate of drug-likeness (QED) is 0.812. The van der Waals surface area contributed by atoms with Crippen LogP contribution in [-0.2, 0) is 4.79 Å². The SMILES string of the molecule is O=C(C=Cc1cccc(F)c1)NCC1CCCC1CO. The molecule has 0 aliphatic heterocycles. The van der Waals surface area contributed by atoms with Gasteiger partial charge in [0.05, 0.1) is 0 Å². The normalized spacial score (nSPS) is 22.3. The van der Waals surface area contributed by atoms with Gasteiger partial charge in [-0.15, -0.1) is 0 Å². The lowest BCUT2D eigenvalue weighted by Gasteiger charge is -2.17. The number of carbonyl (C=O) groups excluding carboxylic acids is 1. The van der Waals surface area contributed by atoms with Crippen molar-refractivity contribution in [2.75, 3.05) is 13.2 Å². The molecule has 0 spiro atoms. The summed E-state index contributed by atoms with van der Waals surface area (Å²) in [5.41, 5.74) is 0.661. The number of rotatable bonds is 5. The third-order valence-corrected chi connectivity index (χ3v) is 3.87. The molecule has 1 aromatic carbocycles. The minimum absolute atomic E-state index is 0.183. The van der Waals surface area contributed by atoms with E-state index in [0.717, 1.165) is 19.3 Å². The standard InChI is InChI=1S/C16H20FNO2/c17-15-6-1-3-12(9-15)7-8-16(20)18-10-13-4-2-5-14(13)11-19/h1,3,6-9,13-14,19H,2,4-5,10-11H2,(H,18,20). The van der Waals surface area contributed by atoms with Crippen molar-refractivity contribution in [3.8, 4) is 0 Å². The van der Waals surface area contributed by atoms with Crippen LogP contribution in [0.2, 0.25) is 0 Å². The lowest BCUT2D eigenvalue weighted by molar-refractivity contribution is -0.116. The second-order valence-electron chi connectivity index (χ2n) is 5.27. The Kier molecular flexibility index (Phi) is 5.30. The van der Waals surface area contributed by atoms with Gasteiger partial charge in [0.25, 0.3) is 0 Å². The van der Waals surface area contributed by atoms with Crippen LogP contribution in [-0.4, -0.2) is 24.2 Å². The highest BCUT2D eigenvalue weighted by Crippen LogP contribution is 2.30. The van der Waals surface area contributed by atoms with E-state index < -0.39 is 0 Å². The first-order valence-corrected chi connectivity index (χ1v) is 7.01. The second kappa shape index (κ2) is 7.20. The highest BCUT2D eigenvalue weighted by Gasteiger charge is 2.26. The van der Waals surface area contributed by atoms with Crippen LogP contribution in [0.5, 0.6) is 0 Å². The molecule has 0 bridgehead atoms. The van der Waals surface area contributed by atoms with Crippen LogP contribution in [0.1, 0.15) is 24.8 Å². The molecule has 20 heavy (non-hydrogen) atoms. The summed E-state index contributed by atoms with van der Waals surface area (Å²) >= 11 is 0. The molecule has 1 aliphatic rings. The van der Waals surface area contributed by atoms with Gasteiger partial charge in [0.15, 0.2) is 0 Å². The van der Waals surface area contributed by atoms with Crippen molar-refractivity contribution in [3.05, 3.63) is 41.7 Å². The zero-order chi connectivity index (χ0) is 14.4. The van der Waals surface area contributed by atoms with Crippen molar-refractivity contribution in [2.24, 2.45) is 11.8 Å². The highest BCUT2D eigenvalue weighted by atomic mass is 19.1. The molecule has 2 atom stereocenters.